The van der Waals surface area contributed by atoms with E-state index in [0.717, 1.165) is 5.56 Å². The Balaban J connectivity index is 1.85. The van der Waals surface area contributed by atoms with E-state index in [1.807, 2.05) is 6.92 Å². The number of hydrogen-bond acceptors (Lipinski definition) is 5. The molecular formula is C20H23FN2O5. The van der Waals surface area contributed by atoms with Crippen molar-refractivity contribution in [1.29, 1.82) is 0 Å². The minimum absolute atomic E-state index is 0.0212. The molecule has 28 heavy (non-hydrogen) atoms. The van der Waals surface area contributed by atoms with Crippen LogP contribution in [-0.2, 0) is 16.1 Å². The standard InChI is InChI=1S/C20H23FN2O5/c1-3-22-19(24)12-28-17-9-8-14(10-18(17)26-2)11-23-20(25)13-27-16-7-5-4-6-15(16)21/h4-10H,3,11-13H2,1-2H3,(H,22,24)(H,23,25). The van der Waals surface area contributed by atoms with E-state index in [-0.39, 0.29) is 31.4 Å². The third kappa shape index (κ3) is 6.46. The molecule has 0 aliphatic heterocycles. The summed E-state index contributed by atoms with van der Waals surface area (Å²) < 4.78 is 29.3. The fraction of sp³-hybridized carbons (Fsp3) is 0.300. The molecule has 0 atom stereocenters. The van der Waals surface area contributed by atoms with Gasteiger partial charge in [-0.3, -0.25) is 9.59 Å². The van der Waals surface area contributed by atoms with Gasteiger partial charge < -0.3 is 24.8 Å². The van der Waals surface area contributed by atoms with Crippen LogP contribution in [0.15, 0.2) is 42.5 Å². The topological polar surface area (TPSA) is 85.9 Å². The molecule has 2 aromatic rings. The minimum Gasteiger partial charge on any atom is -0.493 e. The predicted molar refractivity (Wildman–Crippen MR) is 101 cm³/mol. The van der Waals surface area contributed by atoms with E-state index < -0.39 is 11.7 Å². The number of nitrogens with one attached hydrogen (secondary N) is 2. The molecule has 0 aliphatic carbocycles. The largest absolute Gasteiger partial charge is 0.493 e. The zero-order valence-electron chi connectivity index (χ0n) is 15.8. The normalized spacial score (nSPS) is 10.1. The molecule has 0 unspecified atom stereocenters. The van der Waals surface area contributed by atoms with Crippen molar-refractivity contribution in [1.82, 2.24) is 10.6 Å². The Morgan fingerprint density at radius 2 is 1.61 bits per heavy atom. The van der Waals surface area contributed by atoms with E-state index in [4.69, 9.17) is 14.2 Å². The molecule has 8 heteroatoms. The van der Waals surface area contributed by atoms with Crippen molar-refractivity contribution in [2.75, 3.05) is 26.9 Å². The third-order valence-electron chi connectivity index (χ3n) is 3.65. The van der Waals surface area contributed by atoms with Crippen LogP contribution in [-0.4, -0.2) is 38.7 Å². The summed E-state index contributed by atoms with van der Waals surface area (Å²) in [6.45, 7) is 2.16. The summed E-state index contributed by atoms with van der Waals surface area (Å²) in [5, 5.41) is 5.32. The van der Waals surface area contributed by atoms with Crippen molar-refractivity contribution in [3.8, 4) is 17.2 Å². The molecule has 0 fully saturated rings. The maximum absolute atomic E-state index is 13.5. The number of carbonyl (C=O) groups is 2. The number of likely N-dealkylation sites (N-methyl/N-ethyl adjacent to an activating group) is 1. The average molecular weight is 390 g/mol. The zero-order valence-corrected chi connectivity index (χ0v) is 15.8. The van der Waals surface area contributed by atoms with E-state index in [1.165, 1.54) is 19.2 Å². The molecule has 150 valence electrons. The lowest BCUT2D eigenvalue weighted by Gasteiger charge is -2.13. The van der Waals surface area contributed by atoms with Crippen molar-refractivity contribution in [2.45, 2.75) is 13.5 Å². The summed E-state index contributed by atoms with van der Waals surface area (Å²) >= 11 is 0. The quantitative estimate of drug-likeness (QED) is 0.649. The number of ether oxygens (including phenoxy) is 3. The van der Waals surface area contributed by atoms with Gasteiger partial charge in [0.25, 0.3) is 11.8 Å². The minimum atomic E-state index is -0.525. The van der Waals surface area contributed by atoms with Crippen molar-refractivity contribution in [3.05, 3.63) is 53.8 Å². The zero-order chi connectivity index (χ0) is 20.4. The second-order valence-electron chi connectivity index (χ2n) is 5.72. The van der Waals surface area contributed by atoms with Crippen LogP contribution in [0.5, 0.6) is 17.2 Å². The Kier molecular flexibility index (Phi) is 8.08. The highest BCUT2D eigenvalue weighted by Gasteiger charge is 2.10. The van der Waals surface area contributed by atoms with Gasteiger partial charge in [0.05, 0.1) is 7.11 Å². The van der Waals surface area contributed by atoms with Crippen LogP contribution in [0.2, 0.25) is 0 Å². The van der Waals surface area contributed by atoms with Gasteiger partial charge in [0.1, 0.15) is 0 Å². The van der Waals surface area contributed by atoms with Gasteiger partial charge in [-0.15, -0.1) is 0 Å². The van der Waals surface area contributed by atoms with Crippen molar-refractivity contribution in [2.24, 2.45) is 0 Å². The molecule has 0 bridgehead atoms. The van der Waals surface area contributed by atoms with Crippen molar-refractivity contribution in [3.63, 3.8) is 0 Å². The molecule has 0 aromatic heterocycles. The number of benzene rings is 2. The van der Waals surface area contributed by atoms with Crippen LogP contribution in [0.4, 0.5) is 4.39 Å². The number of halogens is 1. The Morgan fingerprint density at radius 1 is 0.929 bits per heavy atom. The molecule has 0 saturated heterocycles. The number of carbonyl (C=O) groups excluding carboxylic acids is 2. The Bertz CT molecular complexity index is 813. The van der Waals surface area contributed by atoms with E-state index >= 15 is 0 Å². The summed E-state index contributed by atoms with van der Waals surface area (Å²) in [5.41, 5.74) is 0.765. The lowest BCUT2D eigenvalue weighted by molar-refractivity contribution is -0.123. The van der Waals surface area contributed by atoms with Gasteiger partial charge in [0.2, 0.25) is 0 Å². The second-order valence-corrected chi connectivity index (χ2v) is 5.72. The molecule has 0 radical (unpaired) electrons. The molecule has 2 rings (SSSR count). The van der Waals surface area contributed by atoms with Gasteiger partial charge in [-0.1, -0.05) is 18.2 Å². The van der Waals surface area contributed by atoms with Crippen molar-refractivity contribution < 1.29 is 28.2 Å². The van der Waals surface area contributed by atoms with E-state index in [9.17, 15) is 14.0 Å². The number of amides is 2. The fourth-order valence-electron chi connectivity index (χ4n) is 2.29. The van der Waals surface area contributed by atoms with Crippen LogP contribution >= 0.6 is 0 Å². The van der Waals surface area contributed by atoms with Crippen LogP contribution in [0.1, 0.15) is 12.5 Å². The Labute approximate surface area is 162 Å². The SMILES string of the molecule is CCNC(=O)COc1ccc(CNC(=O)COc2ccccc2F)cc1OC. The number of hydrogen-bond donors (Lipinski definition) is 2. The molecule has 0 aliphatic rings. The summed E-state index contributed by atoms with van der Waals surface area (Å²) in [5.74, 6) is -0.254. The molecule has 2 N–H and O–H groups in total. The highest BCUT2D eigenvalue weighted by atomic mass is 19.1. The first kappa shape index (κ1) is 21.0. The van der Waals surface area contributed by atoms with Crippen LogP contribution in [0.3, 0.4) is 0 Å². The second kappa shape index (κ2) is 10.8. The van der Waals surface area contributed by atoms with Crippen LogP contribution in [0.25, 0.3) is 0 Å². The molecule has 7 nitrogen and oxygen atoms in total. The fourth-order valence-corrected chi connectivity index (χ4v) is 2.29. The molecule has 2 aromatic carbocycles. The predicted octanol–water partition coefficient (Wildman–Crippen LogP) is 2.04. The Morgan fingerprint density at radius 3 is 2.29 bits per heavy atom. The lowest BCUT2D eigenvalue weighted by atomic mass is 10.2. The van der Waals surface area contributed by atoms with Gasteiger partial charge in [-0.25, -0.2) is 4.39 Å². The first-order valence-electron chi connectivity index (χ1n) is 8.74. The summed E-state index contributed by atoms with van der Waals surface area (Å²) in [6, 6.07) is 11.0. The number of methoxy groups -OCH3 is 1. The van der Waals surface area contributed by atoms with E-state index in [1.54, 1.807) is 30.3 Å². The molecular weight excluding hydrogens is 367 g/mol. The lowest BCUT2D eigenvalue weighted by Crippen LogP contribution is -2.29. The van der Waals surface area contributed by atoms with E-state index in [2.05, 4.69) is 10.6 Å². The van der Waals surface area contributed by atoms with Gasteiger partial charge in [-0.05, 0) is 36.8 Å². The summed E-state index contributed by atoms with van der Waals surface area (Å²) in [7, 11) is 1.49. The monoisotopic (exact) mass is 390 g/mol. The third-order valence-corrected chi connectivity index (χ3v) is 3.65. The average Bonchev–Trinajstić information content (AvgIpc) is 2.70. The maximum atomic E-state index is 13.5. The first-order valence-corrected chi connectivity index (χ1v) is 8.74. The smallest absolute Gasteiger partial charge is 0.258 e. The molecule has 0 spiro atoms. The van der Waals surface area contributed by atoms with Gasteiger partial charge >= 0.3 is 0 Å². The highest BCUT2D eigenvalue weighted by Crippen LogP contribution is 2.28. The maximum Gasteiger partial charge on any atom is 0.258 e. The van der Waals surface area contributed by atoms with Gasteiger partial charge in [-0.2, -0.15) is 0 Å². The Hall–Kier alpha value is -3.29. The van der Waals surface area contributed by atoms with E-state index in [0.29, 0.717) is 18.0 Å². The van der Waals surface area contributed by atoms with Crippen LogP contribution in [0, 0.1) is 5.82 Å². The number of rotatable bonds is 10. The summed E-state index contributed by atoms with van der Waals surface area (Å²) in [4.78, 5) is 23.4. The summed E-state index contributed by atoms with van der Waals surface area (Å²) in [6.07, 6.45) is 0. The molecule has 0 saturated carbocycles. The molecule has 2 amide bonds. The highest BCUT2D eigenvalue weighted by molar-refractivity contribution is 5.78. The molecule has 0 heterocycles. The van der Waals surface area contributed by atoms with Crippen LogP contribution < -0.4 is 24.8 Å². The van der Waals surface area contributed by atoms with Gasteiger partial charge in [0, 0.05) is 13.1 Å². The first-order chi connectivity index (χ1) is 13.5. The van der Waals surface area contributed by atoms with Crippen molar-refractivity contribution >= 4 is 11.8 Å². The number of para-hydroxylation sites is 1. The van der Waals surface area contributed by atoms with Gasteiger partial charge in [0.15, 0.2) is 36.3 Å².